The predicted octanol–water partition coefficient (Wildman–Crippen LogP) is 1.57. The Morgan fingerprint density at radius 2 is 2.05 bits per heavy atom. The normalized spacial score (nSPS) is 19.2. The van der Waals surface area contributed by atoms with E-state index in [0.29, 0.717) is 23.7 Å². The topological polar surface area (TPSA) is 84.5 Å². The molecule has 22 heavy (non-hydrogen) atoms. The number of esters is 1. The van der Waals surface area contributed by atoms with Gasteiger partial charge in [-0.3, -0.25) is 14.4 Å². The molecule has 0 saturated heterocycles. The molecule has 118 valence electrons. The van der Waals surface area contributed by atoms with E-state index in [1.165, 1.54) is 0 Å². The van der Waals surface area contributed by atoms with Crippen LogP contribution in [0.3, 0.4) is 0 Å². The molecule has 0 aliphatic heterocycles. The molecule has 0 spiro atoms. The quantitative estimate of drug-likeness (QED) is 0.781. The molecule has 1 aliphatic rings. The van der Waals surface area contributed by atoms with Crippen molar-refractivity contribution in [2.45, 2.75) is 20.3 Å². The fourth-order valence-corrected chi connectivity index (χ4v) is 2.09. The minimum absolute atomic E-state index is 0.0612. The first-order chi connectivity index (χ1) is 10.5. The monoisotopic (exact) mass is 304 g/mol. The average molecular weight is 304 g/mol. The van der Waals surface area contributed by atoms with Crippen molar-refractivity contribution in [1.29, 1.82) is 0 Å². The van der Waals surface area contributed by atoms with Crippen molar-refractivity contribution in [2.75, 3.05) is 18.5 Å². The summed E-state index contributed by atoms with van der Waals surface area (Å²) in [5.41, 5.74) is 0.952. The first-order valence-corrected chi connectivity index (χ1v) is 7.36. The van der Waals surface area contributed by atoms with Crippen molar-refractivity contribution in [1.82, 2.24) is 5.32 Å². The van der Waals surface area contributed by atoms with E-state index >= 15 is 0 Å². The Balaban J connectivity index is 1.84. The van der Waals surface area contributed by atoms with Crippen molar-refractivity contribution in [3.05, 3.63) is 29.8 Å². The zero-order valence-electron chi connectivity index (χ0n) is 12.7. The molecular weight excluding hydrogens is 284 g/mol. The fourth-order valence-electron chi connectivity index (χ4n) is 2.09. The molecule has 2 amide bonds. The molecular formula is C16H20N2O4. The van der Waals surface area contributed by atoms with Crippen LogP contribution in [0.4, 0.5) is 5.69 Å². The molecule has 0 bridgehead atoms. The van der Waals surface area contributed by atoms with Gasteiger partial charge >= 0.3 is 5.97 Å². The third-order valence-electron chi connectivity index (χ3n) is 3.50. The lowest BCUT2D eigenvalue weighted by Crippen LogP contribution is -2.24. The van der Waals surface area contributed by atoms with Crippen LogP contribution in [0.25, 0.3) is 0 Å². The van der Waals surface area contributed by atoms with E-state index in [1.54, 1.807) is 24.3 Å². The summed E-state index contributed by atoms with van der Waals surface area (Å²) in [7, 11) is 0. The van der Waals surface area contributed by atoms with E-state index in [4.69, 9.17) is 4.74 Å². The number of anilines is 1. The van der Waals surface area contributed by atoms with Crippen molar-refractivity contribution < 1.29 is 19.1 Å². The standard InChI is InChI=1S/C16H20N2O4/c1-3-17-15(20)11-5-4-6-12(8-11)18-14(19)9-22-16(21)13-7-10(13)2/h4-6,8,10,13H,3,7,9H2,1-2H3,(H,17,20)(H,18,19)/t10-,13-/m0/s1. The Morgan fingerprint density at radius 3 is 2.68 bits per heavy atom. The molecule has 2 atom stereocenters. The Morgan fingerprint density at radius 1 is 1.32 bits per heavy atom. The highest BCUT2D eigenvalue weighted by atomic mass is 16.5. The van der Waals surface area contributed by atoms with Gasteiger partial charge in [0.2, 0.25) is 0 Å². The molecule has 0 aromatic heterocycles. The van der Waals surface area contributed by atoms with Gasteiger partial charge in [-0.2, -0.15) is 0 Å². The number of hydrogen-bond donors (Lipinski definition) is 2. The maximum atomic E-state index is 11.8. The molecule has 0 heterocycles. The first-order valence-electron chi connectivity index (χ1n) is 7.36. The number of rotatable bonds is 6. The third-order valence-corrected chi connectivity index (χ3v) is 3.50. The Hall–Kier alpha value is -2.37. The number of amides is 2. The van der Waals surface area contributed by atoms with Gasteiger partial charge in [-0.15, -0.1) is 0 Å². The highest BCUT2D eigenvalue weighted by molar-refractivity contribution is 5.97. The van der Waals surface area contributed by atoms with Crippen molar-refractivity contribution in [3.63, 3.8) is 0 Å². The lowest BCUT2D eigenvalue weighted by molar-refractivity contribution is -0.148. The molecule has 6 nitrogen and oxygen atoms in total. The summed E-state index contributed by atoms with van der Waals surface area (Å²) in [6.45, 7) is 4.02. The fraction of sp³-hybridized carbons (Fsp3) is 0.438. The van der Waals surface area contributed by atoms with Crippen LogP contribution in [0.2, 0.25) is 0 Å². The van der Waals surface area contributed by atoms with Crippen LogP contribution in [-0.4, -0.2) is 30.9 Å². The molecule has 1 aromatic rings. The lowest BCUT2D eigenvalue weighted by Gasteiger charge is -2.08. The van der Waals surface area contributed by atoms with E-state index in [2.05, 4.69) is 10.6 Å². The Kier molecular flexibility index (Phi) is 5.14. The maximum absolute atomic E-state index is 11.8. The van der Waals surface area contributed by atoms with Gasteiger partial charge in [0.15, 0.2) is 6.61 Å². The van der Waals surface area contributed by atoms with Gasteiger partial charge < -0.3 is 15.4 Å². The van der Waals surface area contributed by atoms with Crippen molar-refractivity contribution >= 4 is 23.5 Å². The lowest BCUT2D eigenvalue weighted by atomic mass is 10.2. The molecule has 1 aromatic carbocycles. The highest BCUT2D eigenvalue weighted by Gasteiger charge is 2.40. The average Bonchev–Trinajstić information content (AvgIpc) is 3.22. The zero-order chi connectivity index (χ0) is 16.1. The van der Waals surface area contributed by atoms with Crippen LogP contribution < -0.4 is 10.6 Å². The third kappa shape index (κ3) is 4.31. The summed E-state index contributed by atoms with van der Waals surface area (Å²) in [4.78, 5) is 35.0. The number of nitrogens with one attached hydrogen (secondary N) is 2. The summed E-state index contributed by atoms with van der Waals surface area (Å²) in [5, 5.41) is 5.29. The van der Waals surface area contributed by atoms with E-state index in [0.717, 1.165) is 6.42 Å². The van der Waals surface area contributed by atoms with E-state index < -0.39 is 5.91 Å². The number of carbonyl (C=O) groups excluding carboxylic acids is 3. The second-order valence-electron chi connectivity index (χ2n) is 5.42. The van der Waals surface area contributed by atoms with Crippen molar-refractivity contribution in [3.8, 4) is 0 Å². The smallest absolute Gasteiger partial charge is 0.309 e. The van der Waals surface area contributed by atoms with E-state index in [9.17, 15) is 14.4 Å². The van der Waals surface area contributed by atoms with Gasteiger partial charge in [0.25, 0.3) is 11.8 Å². The predicted molar refractivity (Wildman–Crippen MR) is 81.3 cm³/mol. The molecule has 0 radical (unpaired) electrons. The maximum Gasteiger partial charge on any atom is 0.309 e. The molecule has 2 rings (SSSR count). The molecule has 1 aliphatic carbocycles. The van der Waals surface area contributed by atoms with Crippen molar-refractivity contribution in [2.24, 2.45) is 11.8 Å². The van der Waals surface area contributed by atoms with Crippen LogP contribution >= 0.6 is 0 Å². The summed E-state index contributed by atoms with van der Waals surface area (Å²) >= 11 is 0. The number of carbonyl (C=O) groups is 3. The van der Waals surface area contributed by atoms with E-state index in [1.807, 2.05) is 13.8 Å². The van der Waals surface area contributed by atoms with E-state index in [-0.39, 0.29) is 24.4 Å². The van der Waals surface area contributed by atoms with Crippen LogP contribution in [-0.2, 0) is 14.3 Å². The minimum atomic E-state index is -0.422. The van der Waals surface area contributed by atoms with Crippen LogP contribution in [0.15, 0.2) is 24.3 Å². The van der Waals surface area contributed by atoms with Crippen LogP contribution in [0, 0.1) is 11.8 Å². The highest BCUT2D eigenvalue weighted by Crippen LogP contribution is 2.38. The second kappa shape index (κ2) is 7.06. The second-order valence-corrected chi connectivity index (χ2v) is 5.42. The van der Waals surface area contributed by atoms with Gasteiger partial charge in [-0.05, 0) is 37.5 Å². The van der Waals surface area contributed by atoms with Gasteiger partial charge in [-0.1, -0.05) is 13.0 Å². The number of benzene rings is 1. The number of ether oxygens (including phenoxy) is 1. The van der Waals surface area contributed by atoms with Gasteiger partial charge in [0.1, 0.15) is 0 Å². The largest absolute Gasteiger partial charge is 0.455 e. The summed E-state index contributed by atoms with van der Waals surface area (Å²) < 4.78 is 4.96. The molecule has 0 unspecified atom stereocenters. The first kappa shape index (κ1) is 16.0. The minimum Gasteiger partial charge on any atom is -0.455 e. The Labute approximate surface area is 129 Å². The summed E-state index contributed by atoms with van der Waals surface area (Å²) in [6, 6.07) is 6.59. The summed E-state index contributed by atoms with van der Waals surface area (Å²) in [6.07, 6.45) is 0.828. The number of hydrogen-bond acceptors (Lipinski definition) is 4. The Bertz CT molecular complexity index is 585. The van der Waals surface area contributed by atoms with Crippen LogP contribution in [0.5, 0.6) is 0 Å². The van der Waals surface area contributed by atoms with Crippen LogP contribution in [0.1, 0.15) is 30.6 Å². The zero-order valence-corrected chi connectivity index (χ0v) is 12.7. The summed E-state index contributed by atoms with van der Waals surface area (Å²) in [5.74, 6) is -0.653. The molecule has 2 N–H and O–H groups in total. The molecule has 1 fully saturated rings. The molecule has 1 saturated carbocycles. The molecule has 6 heteroatoms. The van der Waals surface area contributed by atoms with Gasteiger partial charge in [0, 0.05) is 17.8 Å². The SMILES string of the molecule is CCNC(=O)c1cccc(NC(=O)COC(=O)[C@H]2C[C@@H]2C)c1. The van der Waals surface area contributed by atoms with Gasteiger partial charge in [0.05, 0.1) is 5.92 Å². The van der Waals surface area contributed by atoms with Gasteiger partial charge in [-0.25, -0.2) is 0 Å².